The van der Waals surface area contributed by atoms with Gasteiger partial charge in [0.25, 0.3) is 5.91 Å². The number of para-hydroxylation sites is 1. The van der Waals surface area contributed by atoms with Crippen LogP contribution in [0.25, 0.3) is 20.8 Å². The van der Waals surface area contributed by atoms with E-state index in [0.717, 1.165) is 15.2 Å². The fraction of sp³-hybridized carbons (Fsp3) is 0.318. The molecule has 4 rings (SSSR count). The van der Waals surface area contributed by atoms with Crippen LogP contribution in [0.5, 0.6) is 0 Å². The van der Waals surface area contributed by atoms with Crippen molar-refractivity contribution in [1.82, 2.24) is 9.88 Å². The first kappa shape index (κ1) is 19.5. The Morgan fingerprint density at radius 3 is 2.55 bits per heavy atom. The van der Waals surface area contributed by atoms with Gasteiger partial charge in [-0.05, 0) is 32.0 Å². The summed E-state index contributed by atoms with van der Waals surface area (Å²) < 4.78 is 12.1. The molecule has 0 spiro atoms. The number of amides is 1. The molecule has 0 bridgehead atoms. The molecule has 29 heavy (non-hydrogen) atoms. The van der Waals surface area contributed by atoms with Gasteiger partial charge in [0.1, 0.15) is 5.01 Å². The van der Waals surface area contributed by atoms with Crippen molar-refractivity contribution in [2.24, 2.45) is 0 Å². The minimum atomic E-state index is -0.525. The molecule has 0 aliphatic carbocycles. The van der Waals surface area contributed by atoms with Crippen LogP contribution in [0.1, 0.15) is 24.2 Å². The lowest BCUT2D eigenvalue weighted by Gasteiger charge is -2.35. The maximum absolute atomic E-state index is 12.7. The van der Waals surface area contributed by atoms with Crippen LogP contribution in [0, 0.1) is 0 Å². The van der Waals surface area contributed by atoms with Crippen LogP contribution in [0.15, 0.2) is 48.5 Å². The topological polar surface area (TPSA) is 68.7 Å². The van der Waals surface area contributed by atoms with E-state index in [9.17, 15) is 9.59 Å². The normalized spacial score (nSPS) is 19.3. The van der Waals surface area contributed by atoms with Crippen molar-refractivity contribution in [1.29, 1.82) is 0 Å². The lowest BCUT2D eigenvalue weighted by atomic mass is 10.1. The number of carbonyl (C=O) groups excluding carboxylic acids is 2. The summed E-state index contributed by atoms with van der Waals surface area (Å²) in [6.07, 6.45) is -0.0590. The average molecular weight is 410 g/mol. The second kappa shape index (κ2) is 8.31. The Hall–Kier alpha value is -2.77. The summed E-state index contributed by atoms with van der Waals surface area (Å²) in [4.78, 5) is 31.5. The first-order valence-corrected chi connectivity index (χ1v) is 10.4. The first-order chi connectivity index (χ1) is 14.0. The lowest BCUT2D eigenvalue weighted by molar-refractivity contribution is -0.146. The van der Waals surface area contributed by atoms with Crippen LogP contribution in [-0.4, -0.2) is 53.7 Å². The predicted octanol–water partition coefficient (Wildman–Crippen LogP) is 3.76. The molecule has 0 N–H and O–H groups in total. The smallest absolute Gasteiger partial charge is 0.339 e. The molecule has 1 aliphatic heterocycles. The Labute approximate surface area is 173 Å². The zero-order valence-electron chi connectivity index (χ0n) is 16.3. The molecule has 1 amide bonds. The van der Waals surface area contributed by atoms with Crippen LogP contribution in [0.4, 0.5) is 0 Å². The van der Waals surface area contributed by atoms with Gasteiger partial charge in [-0.15, -0.1) is 11.3 Å². The fourth-order valence-corrected chi connectivity index (χ4v) is 4.52. The van der Waals surface area contributed by atoms with E-state index in [1.54, 1.807) is 17.0 Å². The quantitative estimate of drug-likeness (QED) is 0.613. The third-order valence-corrected chi connectivity index (χ3v) is 5.84. The van der Waals surface area contributed by atoms with Crippen LogP contribution in [0.3, 0.4) is 0 Å². The van der Waals surface area contributed by atoms with Crippen LogP contribution < -0.4 is 0 Å². The van der Waals surface area contributed by atoms with Crippen LogP contribution >= 0.6 is 11.3 Å². The number of fused-ring (bicyclic) bond motifs is 1. The molecule has 6 nitrogen and oxygen atoms in total. The molecule has 2 heterocycles. The van der Waals surface area contributed by atoms with E-state index >= 15 is 0 Å². The summed E-state index contributed by atoms with van der Waals surface area (Å²) in [5.74, 6) is -0.736. The number of morpholine rings is 1. The number of thiazole rings is 1. The summed E-state index contributed by atoms with van der Waals surface area (Å²) in [5, 5.41) is 0.751. The van der Waals surface area contributed by atoms with Crippen LogP contribution in [0.2, 0.25) is 0 Å². The average Bonchev–Trinajstić information content (AvgIpc) is 3.15. The Morgan fingerprint density at radius 2 is 1.79 bits per heavy atom. The van der Waals surface area contributed by atoms with E-state index in [1.807, 2.05) is 50.2 Å². The molecule has 1 saturated heterocycles. The summed E-state index contributed by atoms with van der Waals surface area (Å²) in [5.41, 5.74) is 2.00. The highest BCUT2D eigenvalue weighted by Gasteiger charge is 2.27. The minimum Gasteiger partial charge on any atom is -0.452 e. The number of hydrogen-bond donors (Lipinski definition) is 0. The number of carbonyl (C=O) groups is 2. The number of hydrogen-bond acceptors (Lipinski definition) is 6. The molecule has 3 aromatic rings. The number of benzene rings is 2. The van der Waals surface area contributed by atoms with Crippen molar-refractivity contribution in [2.45, 2.75) is 26.1 Å². The van der Waals surface area contributed by atoms with Crippen molar-refractivity contribution in [2.75, 3.05) is 19.7 Å². The van der Waals surface area contributed by atoms with Gasteiger partial charge in [0.15, 0.2) is 6.61 Å². The molecule has 150 valence electrons. The molecule has 1 aliphatic rings. The molecular formula is C22H22N2O4S. The number of ether oxygens (including phenoxy) is 2. The van der Waals surface area contributed by atoms with Gasteiger partial charge in [-0.3, -0.25) is 4.79 Å². The van der Waals surface area contributed by atoms with Crippen molar-refractivity contribution >= 4 is 33.4 Å². The molecule has 7 heteroatoms. The summed E-state index contributed by atoms with van der Waals surface area (Å²) >= 11 is 1.52. The summed E-state index contributed by atoms with van der Waals surface area (Å²) in [7, 11) is 0. The molecule has 2 aromatic carbocycles. The molecule has 1 fully saturated rings. The van der Waals surface area contributed by atoms with E-state index < -0.39 is 5.97 Å². The molecule has 1 aromatic heterocycles. The van der Waals surface area contributed by atoms with Gasteiger partial charge in [-0.25, -0.2) is 9.78 Å². The van der Waals surface area contributed by atoms with Gasteiger partial charge in [0.2, 0.25) is 0 Å². The minimum absolute atomic E-state index is 0.0295. The first-order valence-electron chi connectivity index (χ1n) is 9.56. The largest absolute Gasteiger partial charge is 0.452 e. The zero-order chi connectivity index (χ0) is 20.4. The predicted molar refractivity (Wildman–Crippen MR) is 112 cm³/mol. The van der Waals surface area contributed by atoms with Crippen molar-refractivity contribution in [3.63, 3.8) is 0 Å². The van der Waals surface area contributed by atoms with E-state index in [2.05, 4.69) is 4.98 Å². The van der Waals surface area contributed by atoms with Gasteiger partial charge < -0.3 is 14.4 Å². The maximum Gasteiger partial charge on any atom is 0.339 e. The van der Waals surface area contributed by atoms with Gasteiger partial charge in [-0.2, -0.15) is 0 Å². The number of nitrogens with zero attached hydrogens (tertiary/aromatic N) is 2. The second-order valence-corrected chi connectivity index (χ2v) is 8.20. The van der Waals surface area contributed by atoms with Crippen LogP contribution in [-0.2, 0) is 14.3 Å². The van der Waals surface area contributed by atoms with Crippen molar-refractivity contribution in [3.8, 4) is 10.6 Å². The third kappa shape index (κ3) is 4.31. The van der Waals surface area contributed by atoms with Gasteiger partial charge in [-0.1, -0.05) is 30.3 Å². The maximum atomic E-state index is 12.7. The van der Waals surface area contributed by atoms with Crippen molar-refractivity contribution < 1.29 is 19.1 Å². The Kier molecular flexibility index (Phi) is 5.60. The Morgan fingerprint density at radius 1 is 1.10 bits per heavy atom. The van der Waals surface area contributed by atoms with Gasteiger partial charge in [0, 0.05) is 18.7 Å². The number of aromatic nitrogens is 1. The molecular weight excluding hydrogens is 388 g/mol. The Balaban J connectivity index is 1.49. The van der Waals surface area contributed by atoms with Gasteiger partial charge in [0.05, 0.1) is 28.0 Å². The monoisotopic (exact) mass is 410 g/mol. The molecule has 0 radical (unpaired) electrons. The zero-order valence-corrected chi connectivity index (χ0v) is 17.1. The van der Waals surface area contributed by atoms with E-state index in [1.165, 1.54) is 11.3 Å². The highest BCUT2D eigenvalue weighted by molar-refractivity contribution is 7.21. The fourth-order valence-electron chi connectivity index (χ4n) is 3.51. The highest BCUT2D eigenvalue weighted by atomic mass is 32.1. The lowest BCUT2D eigenvalue weighted by Crippen LogP contribution is -2.49. The highest BCUT2D eigenvalue weighted by Crippen LogP contribution is 2.32. The van der Waals surface area contributed by atoms with E-state index in [-0.39, 0.29) is 24.7 Å². The molecule has 2 atom stereocenters. The van der Waals surface area contributed by atoms with E-state index in [4.69, 9.17) is 9.47 Å². The van der Waals surface area contributed by atoms with Gasteiger partial charge >= 0.3 is 5.97 Å². The second-order valence-electron chi connectivity index (χ2n) is 7.16. The standard InChI is InChI=1S/C22H22N2O4S/c1-14-11-24(12-15(2)28-14)20(25)13-27-22(26)17-8-4-3-7-16(17)21-23-18-9-5-6-10-19(18)29-21/h3-10,14-15H,11-13H2,1-2H3/t14-,15+. The Bertz CT molecular complexity index is 1000. The molecule has 0 saturated carbocycles. The van der Waals surface area contributed by atoms with Crippen molar-refractivity contribution in [3.05, 3.63) is 54.1 Å². The third-order valence-electron chi connectivity index (χ3n) is 4.77. The van der Waals surface area contributed by atoms with E-state index in [0.29, 0.717) is 24.2 Å². The summed E-state index contributed by atoms with van der Waals surface area (Å²) in [6, 6.07) is 15.0. The number of esters is 1. The summed E-state index contributed by atoms with van der Waals surface area (Å²) in [6.45, 7) is 4.57. The number of rotatable bonds is 4. The SMILES string of the molecule is C[C@@H]1CN(C(=O)COC(=O)c2ccccc2-c2nc3ccccc3s2)C[C@H](C)O1. The molecule has 0 unspecified atom stereocenters.